The fraction of sp³-hybridized carbons (Fsp3) is 0.533. The van der Waals surface area contributed by atoms with Gasteiger partial charge in [-0.3, -0.25) is 0 Å². The van der Waals surface area contributed by atoms with Gasteiger partial charge in [0.05, 0.1) is 12.2 Å². The molecule has 0 aromatic heterocycles. The van der Waals surface area contributed by atoms with Gasteiger partial charge in [0.25, 0.3) is 0 Å². The highest BCUT2D eigenvalue weighted by Gasteiger charge is 2.15. The molecule has 0 saturated carbocycles. The maximum absolute atomic E-state index is 13.9. The Labute approximate surface area is 129 Å². The fourth-order valence-corrected chi connectivity index (χ4v) is 2.86. The highest BCUT2D eigenvalue weighted by molar-refractivity contribution is 7.99. The summed E-state index contributed by atoms with van der Waals surface area (Å²) in [5.41, 5.74) is 6.02. The number of ether oxygens (including phenoxy) is 1. The maximum Gasteiger partial charge on any atom is 0.340 e. The van der Waals surface area contributed by atoms with E-state index in [9.17, 15) is 9.18 Å². The van der Waals surface area contributed by atoms with E-state index in [0.29, 0.717) is 4.90 Å². The predicted molar refractivity (Wildman–Crippen MR) is 85.3 cm³/mol. The topological polar surface area (TPSA) is 55.6 Å². The molecule has 6 heteroatoms. The molecule has 1 rings (SSSR count). The summed E-state index contributed by atoms with van der Waals surface area (Å²) in [5.74, 6) is -0.157. The van der Waals surface area contributed by atoms with Crippen molar-refractivity contribution in [1.82, 2.24) is 4.90 Å². The molecule has 0 aliphatic heterocycles. The SMILES string of the molecule is CCOC(=O)c1cc(SCCN(CC)CC)c(F)cc1N. The van der Waals surface area contributed by atoms with Gasteiger partial charge in [-0.2, -0.15) is 0 Å². The number of anilines is 1. The lowest BCUT2D eigenvalue weighted by Gasteiger charge is -2.17. The maximum atomic E-state index is 13.9. The minimum atomic E-state index is -0.513. The molecule has 0 aliphatic carbocycles. The third kappa shape index (κ3) is 5.21. The number of hydrogen-bond acceptors (Lipinski definition) is 5. The van der Waals surface area contributed by atoms with Crippen molar-refractivity contribution in [3.63, 3.8) is 0 Å². The van der Waals surface area contributed by atoms with Crippen molar-refractivity contribution in [2.24, 2.45) is 0 Å². The van der Waals surface area contributed by atoms with Gasteiger partial charge in [-0.25, -0.2) is 9.18 Å². The number of nitrogens with zero attached hydrogens (tertiary/aromatic N) is 1. The van der Waals surface area contributed by atoms with E-state index in [2.05, 4.69) is 18.7 Å². The molecule has 0 spiro atoms. The number of carbonyl (C=O) groups is 1. The van der Waals surface area contributed by atoms with Crippen LogP contribution < -0.4 is 5.73 Å². The lowest BCUT2D eigenvalue weighted by atomic mass is 10.2. The second-order valence-electron chi connectivity index (χ2n) is 4.47. The Kier molecular flexibility index (Phi) is 7.53. The van der Waals surface area contributed by atoms with Crippen LogP contribution in [0.1, 0.15) is 31.1 Å². The zero-order valence-electron chi connectivity index (χ0n) is 12.8. The molecular formula is C15H23FN2O2S. The average Bonchev–Trinajstić information content (AvgIpc) is 2.45. The lowest BCUT2D eigenvalue weighted by molar-refractivity contribution is 0.0527. The Morgan fingerprint density at radius 3 is 2.57 bits per heavy atom. The number of nitrogens with two attached hydrogens (primary N) is 1. The Morgan fingerprint density at radius 1 is 1.33 bits per heavy atom. The molecule has 0 radical (unpaired) electrons. The van der Waals surface area contributed by atoms with Gasteiger partial charge in [0.1, 0.15) is 5.82 Å². The van der Waals surface area contributed by atoms with E-state index in [0.717, 1.165) is 25.4 Å². The first-order valence-electron chi connectivity index (χ1n) is 7.14. The van der Waals surface area contributed by atoms with Gasteiger partial charge < -0.3 is 15.4 Å². The molecule has 0 saturated heterocycles. The van der Waals surface area contributed by atoms with Crippen LogP contribution in [0.4, 0.5) is 10.1 Å². The van der Waals surface area contributed by atoms with Gasteiger partial charge >= 0.3 is 5.97 Å². The van der Waals surface area contributed by atoms with Crippen LogP contribution in [-0.4, -0.2) is 42.9 Å². The van der Waals surface area contributed by atoms with Crippen molar-refractivity contribution in [2.75, 3.05) is 37.7 Å². The molecule has 21 heavy (non-hydrogen) atoms. The van der Waals surface area contributed by atoms with Crippen molar-refractivity contribution in [3.8, 4) is 0 Å². The number of nitrogen functional groups attached to an aromatic ring is 1. The van der Waals surface area contributed by atoms with Crippen LogP contribution in [0.3, 0.4) is 0 Å². The zero-order valence-corrected chi connectivity index (χ0v) is 13.6. The van der Waals surface area contributed by atoms with E-state index in [1.807, 2.05) is 0 Å². The van der Waals surface area contributed by atoms with Gasteiger partial charge in [0.2, 0.25) is 0 Å². The quantitative estimate of drug-likeness (QED) is 0.454. The van der Waals surface area contributed by atoms with Crippen LogP contribution in [0.25, 0.3) is 0 Å². The van der Waals surface area contributed by atoms with E-state index in [1.54, 1.807) is 6.92 Å². The molecule has 2 N–H and O–H groups in total. The Bertz CT molecular complexity index is 479. The summed E-state index contributed by atoms with van der Waals surface area (Å²) >= 11 is 1.38. The molecule has 0 heterocycles. The summed E-state index contributed by atoms with van der Waals surface area (Å²) in [7, 11) is 0. The zero-order chi connectivity index (χ0) is 15.8. The standard InChI is InChI=1S/C15H23FN2O2S/c1-4-18(5-2)7-8-21-14-9-11(15(19)20-6-3)13(17)10-12(14)16/h9-10H,4-8,17H2,1-3H3. The summed E-state index contributed by atoms with van der Waals surface area (Å²) < 4.78 is 18.8. The number of carbonyl (C=O) groups excluding carboxylic acids is 1. The molecule has 4 nitrogen and oxygen atoms in total. The number of hydrogen-bond donors (Lipinski definition) is 1. The number of benzene rings is 1. The lowest BCUT2D eigenvalue weighted by Crippen LogP contribution is -2.25. The van der Waals surface area contributed by atoms with Crippen molar-refractivity contribution in [1.29, 1.82) is 0 Å². The van der Waals surface area contributed by atoms with Gasteiger partial charge in [-0.05, 0) is 32.1 Å². The van der Waals surface area contributed by atoms with E-state index in [-0.39, 0.29) is 17.9 Å². The molecule has 0 amide bonds. The average molecular weight is 314 g/mol. The number of halogens is 1. The second kappa shape index (κ2) is 8.89. The highest BCUT2D eigenvalue weighted by Crippen LogP contribution is 2.27. The normalized spacial score (nSPS) is 10.9. The third-order valence-corrected chi connectivity index (χ3v) is 4.17. The van der Waals surface area contributed by atoms with Gasteiger partial charge in [0.15, 0.2) is 0 Å². The van der Waals surface area contributed by atoms with E-state index >= 15 is 0 Å². The molecular weight excluding hydrogens is 291 g/mol. The first-order valence-corrected chi connectivity index (χ1v) is 8.13. The first-order chi connectivity index (χ1) is 10.0. The van der Waals surface area contributed by atoms with Crippen molar-refractivity contribution in [2.45, 2.75) is 25.7 Å². The monoisotopic (exact) mass is 314 g/mol. The number of rotatable bonds is 8. The molecule has 0 unspecified atom stereocenters. The van der Waals surface area contributed by atoms with Gasteiger partial charge in [-0.1, -0.05) is 13.8 Å². The molecule has 0 atom stereocenters. The number of esters is 1. The van der Waals surface area contributed by atoms with E-state index in [4.69, 9.17) is 10.5 Å². The van der Waals surface area contributed by atoms with Crippen LogP contribution >= 0.6 is 11.8 Å². The van der Waals surface area contributed by atoms with Crippen LogP contribution in [0, 0.1) is 5.82 Å². The first kappa shape index (κ1) is 17.8. The highest BCUT2D eigenvalue weighted by atomic mass is 32.2. The van der Waals surface area contributed by atoms with Crippen LogP contribution in [0.2, 0.25) is 0 Å². The molecule has 0 bridgehead atoms. The molecule has 0 aliphatic rings. The minimum Gasteiger partial charge on any atom is -0.462 e. The summed E-state index contributed by atoms with van der Waals surface area (Å²) in [5, 5.41) is 0. The Balaban J connectivity index is 2.78. The largest absolute Gasteiger partial charge is 0.462 e. The molecule has 1 aromatic rings. The van der Waals surface area contributed by atoms with Crippen molar-refractivity contribution >= 4 is 23.4 Å². The van der Waals surface area contributed by atoms with Gasteiger partial charge in [-0.15, -0.1) is 11.8 Å². The third-order valence-electron chi connectivity index (χ3n) is 3.16. The van der Waals surface area contributed by atoms with Crippen LogP contribution in [-0.2, 0) is 4.74 Å². The van der Waals surface area contributed by atoms with Crippen molar-refractivity contribution < 1.29 is 13.9 Å². The molecule has 0 fully saturated rings. The van der Waals surface area contributed by atoms with E-state index in [1.165, 1.54) is 23.9 Å². The van der Waals surface area contributed by atoms with Gasteiger partial charge in [0, 0.05) is 22.9 Å². The Morgan fingerprint density at radius 2 is 2.00 bits per heavy atom. The predicted octanol–water partition coefficient (Wildman–Crippen LogP) is 3.02. The van der Waals surface area contributed by atoms with E-state index < -0.39 is 11.8 Å². The summed E-state index contributed by atoms with van der Waals surface area (Å²) in [6.07, 6.45) is 0. The summed E-state index contributed by atoms with van der Waals surface area (Å²) in [4.78, 5) is 14.4. The van der Waals surface area contributed by atoms with Crippen molar-refractivity contribution in [3.05, 3.63) is 23.5 Å². The fourth-order valence-electron chi connectivity index (χ4n) is 1.89. The molecule has 1 aromatic carbocycles. The number of thioether (sulfide) groups is 1. The second-order valence-corrected chi connectivity index (χ2v) is 5.60. The summed E-state index contributed by atoms with van der Waals surface area (Å²) in [6, 6.07) is 2.67. The minimum absolute atomic E-state index is 0.110. The van der Waals surface area contributed by atoms with Crippen LogP contribution in [0.5, 0.6) is 0 Å². The Hall–Kier alpha value is -1.27. The molecule has 118 valence electrons. The smallest absolute Gasteiger partial charge is 0.340 e. The summed E-state index contributed by atoms with van der Waals surface area (Å²) in [6.45, 7) is 8.98. The van der Waals surface area contributed by atoms with Crippen LogP contribution in [0.15, 0.2) is 17.0 Å².